The van der Waals surface area contributed by atoms with E-state index in [-0.39, 0.29) is 23.6 Å². The summed E-state index contributed by atoms with van der Waals surface area (Å²) in [6.07, 6.45) is 0.796. The predicted octanol–water partition coefficient (Wildman–Crippen LogP) is 2.34. The van der Waals surface area contributed by atoms with E-state index >= 15 is 0 Å². The first-order valence-corrected chi connectivity index (χ1v) is 8.01. The van der Waals surface area contributed by atoms with Crippen molar-refractivity contribution in [2.24, 2.45) is 11.7 Å². The number of carbonyl (C=O) groups excluding carboxylic acids is 1. The smallest absolute Gasteiger partial charge is 0.292 e. The van der Waals surface area contributed by atoms with Gasteiger partial charge in [0.15, 0.2) is 0 Å². The fourth-order valence-corrected chi connectivity index (χ4v) is 3.03. The third kappa shape index (κ3) is 3.32. The maximum Gasteiger partial charge on any atom is 0.292 e. The van der Waals surface area contributed by atoms with E-state index in [0.29, 0.717) is 19.0 Å². The molecule has 0 aliphatic carbocycles. The minimum absolute atomic E-state index is 0.0192. The summed E-state index contributed by atoms with van der Waals surface area (Å²) in [5.41, 5.74) is 7.01. The van der Waals surface area contributed by atoms with E-state index in [9.17, 15) is 4.79 Å². The van der Waals surface area contributed by atoms with Crippen molar-refractivity contribution >= 4 is 5.91 Å². The molecule has 0 radical (unpaired) electrons. The monoisotopic (exact) mass is 317 g/mol. The van der Waals surface area contributed by atoms with Gasteiger partial charge in [-0.1, -0.05) is 19.0 Å². The molecule has 0 saturated carbocycles. The number of hydrogen-bond donors (Lipinski definition) is 1. The van der Waals surface area contributed by atoms with Crippen molar-refractivity contribution < 1.29 is 13.7 Å². The molecule has 0 unspecified atom stereocenters. The Labute approximate surface area is 135 Å². The van der Waals surface area contributed by atoms with E-state index in [1.54, 1.807) is 11.0 Å². The van der Waals surface area contributed by atoms with Crippen molar-refractivity contribution in [3.05, 3.63) is 41.2 Å². The molecule has 1 aliphatic rings. The first-order chi connectivity index (χ1) is 10.9. The summed E-state index contributed by atoms with van der Waals surface area (Å²) in [5, 5.41) is 3.98. The Morgan fingerprint density at radius 3 is 2.87 bits per heavy atom. The molecule has 0 bridgehead atoms. The molecule has 0 aromatic carbocycles. The Morgan fingerprint density at radius 1 is 1.43 bits per heavy atom. The van der Waals surface area contributed by atoms with Gasteiger partial charge in [-0.05, 0) is 31.4 Å². The zero-order valence-electron chi connectivity index (χ0n) is 13.8. The molecular weight excluding hydrogens is 294 g/mol. The van der Waals surface area contributed by atoms with Crippen molar-refractivity contribution in [3.8, 4) is 0 Å². The van der Waals surface area contributed by atoms with Crippen LogP contribution in [0.5, 0.6) is 0 Å². The number of hydrogen-bond acceptors (Lipinski definition) is 5. The molecule has 2 aromatic heterocycles. The highest BCUT2D eigenvalue weighted by Crippen LogP contribution is 2.29. The lowest BCUT2D eigenvalue weighted by Gasteiger charge is -2.13. The predicted molar refractivity (Wildman–Crippen MR) is 85.1 cm³/mol. The average molecular weight is 317 g/mol. The molecule has 2 N–H and O–H groups in total. The lowest BCUT2D eigenvalue weighted by atomic mass is 10.0. The molecule has 6 nitrogen and oxygen atoms in total. The van der Waals surface area contributed by atoms with Crippen LogP contribution in [0.3, 0.4) is 0 Å². The number of aromatic nitrogens is 1. The Hall–Kier alpha value is -2.08. The Bertz CT molecular complexity index is 689. The van der Waals surface area contributed by atoms with Gasteiger partial charge >= 0.3 is 0 Å². The molecule has 2 aromatic rings. The van der Waals surface area contributed by atoms with Crippen molar-refractivity contribution in [2.45, 2.75) is 39.2 Å². The fourth-order valence-electron chi connectivity index (χ4n) is 3.03. The van der Waals surface area contributed by atoms with Crippen molar-refractivity contribution in [1.82, 2.24) is 10.1 Å². The maximum atomic E-state index is 12.6. The van der Waals surface area contributed by atoms with Gasteiger partial charge in [0.1, 0.15) is 11.5 Å². The largest absolute Gasteiger partial charge is 0.466 e. The number of furan rings is 1. The van der Waals surface area contributed by atoms with Crippen LogP contribution in [-0.4, -0.2) is 35.1 Å². The third-order valence-corrected chi connectivity index (χ3v) is 4.17. The second-order valence-electron chi connectivity index (χ2n) is 6.71. The first kappa shape index (κ1) is 15.8. The molecule has 1 amide bonds. The van der Waals surface area contributed by atoms with Gasteiger partial charge in [-0.2, -0.15) is 0 Å². The Morgan fingerprint density at radius 2 is 2.22 bits per heavy atom. The topological polar surface area (TPSA) is 85.5 Å². The quantitative estimate of drug-likeness (QED) is 0.935. The van der Waals surface area contributed by atoms with E-state index in [0.717, 1.165) is 23.6 Å². The summed E-state index contributed by atoms with van der Waals surface area (Å²) in [4.78, 5) is 14.3. The SMILES string of the molecule is Cc1ccc([C@@H]2CN(C(=O)c3cc(CC(C)C)no3)C[C@H]2N)o1. The highest BCUT2D eigenvalue weighted by Gasteiger charge is 2.37. The minimum Gasteiger partial charge on any atom is -0.466 e. The van der Waals surface area contributed by atoms with Gasteiger partial charge in [-0.25, -0.2) is 0 Å². The van der Waals surface area contributed by atoms with Crippen LogP contribution in [0.1, 0.15) is 47.5 Å². The highest BCUT2D eigenvalue weighted by atomic mass is 16.5. The van der Waals surface area contributed by atoms with Crippen LogP contribution >= 0.6 is 0 Å². The van der Waals surface area contributed by atoms with E-state index in [4.69, 9.17) is 14.7 Å². The van der Waals surface area contributed by atoms with Gasteiger partial charge in [0.05, 0.1) is 11.6 Å². The lowest BCUT2D eigenvalue weighted by Crippen LogP contribution is -2.32. The van der Waals surface area contributed by atoms with Crippen LogP contribution < -0.4 is 5.73 Å². The van der Waals surface area contributed by atoms with Crippen LogP contribution in [0.4, 0.5) is 0 Å². The van der Waals surface area contributed by atoms with Crippen LogP contribution in [0.25, 0.3) is 0 Å². The Kier molecular flexibility index (Phi) is 4.26. The van der Waals surface area contributed by atoms with Crippen molar-refractivity contribution in [2.75, 3.05) is 13.1 Å². The normalized spacial score (nSPS) is 21.3. The summed E-state index contributed by atoms with van der Waals surface area (Å²) in [6, 6.07) is 5.45. The number of rotatable bonds is 4. The Balaban J connectivity index is 1.70. The molecule has 1 fully saturated rings. The number of amides is 1. The molecule has 2 atom stereocenters. The van der Waals surface area contributed by atoms with E-state index in [1.807, 2.05) is 19.1 Å². The fraction of sp³-hybridized carbons (Fsp3) is 0.529. The molecule has 1 saturated heterocycles. The summed E-state index contributed by atoms with van der Waals surface area (Å²) < 4.78 is 10.9. The van der Waals surface area contributed by atoms with E-state index in [2.05, 4.69) is 19.0 Å². The van der Waals surface area contributed by atoms with Gasteiger partial charge < -0.3 is 19.6 Å². The maximum absolute atomic E-state index is 12.6. The second kappa shape index (κ2) is 6.20. The van der Waals surface area contributed by atoms with Gasteiger partial charge in [0.2, 0.25) is 5.76 Å². The summed E-state index contributed by atoms with van der Waals surface area (Å²) in [5.74, 6) is 2.30. The standard InChI is InChI=1S/C17H23N3O3/c1-10(2)6-12-7-16(23-19-12)17(21)20-8-13(14(18)9-20)15-5-4-11(3)22-15/h4-5,7,10,13-14H,6,8-9,18H2,1-3H3/t13-,14-/m1/s1. The molecule has 1 aliphatic heterocycles. The highest BCUT2D eigenvalue weighted by molar-refractivity contribution is 5.91. The molecule has 124 valence electrons. The van der Waals surface area contributed by atoms with E-state index in [1.165, 1.54) is 0 Å². The zero-order chi connectivity index (χ0) is 16.6. The molecule has 0 spiro atoms. The van der Waals surface area contributed by atoms with Crippen LogP contribution in [0, 0.1) is 12.8 Å². The first-order valence-electron chi connectivity index (χ1n) is 8.01. The number of nitrogens with two attached hydrogens (primary N) is 1. The molecule has 6 heteroatoms. The van der Waals surface area contributed by atoms with Gasteiger partial charge in [0.25, 0.3) is 5.91 Å². The molecule has 23 heavy (non-hydrogen) atoms. The molecule has 3 rings (SSSR count). The number of likely N-dealkylation sites (tertiary alicyclic amines) is 1. The van der Waals surface area contributed by atoms with Gasteiger partial charge in [-0.15, -0.1) is 0 Å². The van der Waals surface area contributed by atoms with Gasteiger partial charge in [-0.3, -0.25) is 4.79 Å². The minimum atomic E-state index is -0.159. The van der Waals surface area contributed by atoms with Crippen molar-refractivity contribution in [1.29, 1.82) is 0 Å². The summed E-state index contributed by atoms with van der Waals surface area (Å²) in [7, 11) is 0. The summed E-state index contributed by atoms with van der Waals surface area (Å²) >= 11 is 0. The number of carbonyl (C=O) groups is 1. The molecule has 3 heterocycles. The molecular formula is C17H23N3O3. The van der Waals surface area contributed by atoms with Gasteiger partial charge in [0, 0.05) is 25.2 Å². The third-order valence-electron chi connectivity index (χ3n) is 4.17. The van der Waals surface area contributed by atoms with Crippen molar-refractivity contribution in [3.63, 3.8) is 0 Å². The number of nitrogens with zero attached hydrogens (tertiary/aromatic N) is 2. The average Bonchev–Trinajstić information content (AvgIpc) is 3.18. The van der Waals surface area contributed by atoms with Crippen LogP contribution in [-0.2, 0) is 6.42 Å². The van der Waals surface area contributed by atoms with Crippen LogP contribution in [0.15, 0.2) is 27.1 Å². The van der Waals surface area contributed by atoms with Crippen LogP contribution in [0.2, 0.25) is 0 Å². The lowest BCUT2D eigenvalue weighted by molar-refractivity contribution is 0.0747. The number of aryl methyl sites for hydroxylation is 1. The summed E-state index contributed by atoms with van der Waals surface area (Å²) in [6.45, 7) is 7.13. The second-order valence-corrected chi connectivity index (χ2v) is 6.71. The van der Waals surface area contributed by atoms with E-state index < -0.39 is 0 Å². The zero-order valence-corrected chi connectivity index (χ0v) is 13.8.